The van der Waals surface area contributed by atoms with Gasteiger partial charge in [-0.3, -0.25) is 9.29 Å². The van der Waals surface area contributed by atoms with Gasteiger partial charge >= 0.3 is 0 Å². The van der Waals surface area contributed by atoms with E-state index in [0.29, 0.717) is 5.69 Å². The molecule has 7 heteroatoms. The van der Waals surface area contributed by atoms with E-state index in [9.17, 15) is 8.42 Å². The highest BCUT2D eigenvalue weighted by Crippen LogP contribution is 2.23. The fraction of sp³-hybridized carbons (Fsp3) is 0.125. The first-order chi connectivity index (χ1) is 11.0. The lowest BCUT2D eigenvalue weighted by Crippen LogP contribution is -2.14. The minimum atomic E-state index is -3.63. The van der Waals surface area contributed by atoms with Crippen LogP contribution in [0.15, 0.2) is 60.0 Å². The van der Waals surface area contributed by atoms with Gasteiger partial charge in [0.2, 0.25) is 0 Å². The van der Waals surface area contributed by atoms with Crippen LogP contribution in [0, 0.1) is 13.8 Å². The molecule has 0 amide bonds. The van der Waals surface area contributed by atoms with Gasteiger partial charge < -0.3 is 0 Å². The van der Waals surface area contributed by atoms with Gasteiger partial charge in [0.1, 0.15) is 12.7 Å². The van der Waals surface area contributed by atoms with Crippen molar-refractivity contribution < 1.29 is 8.42 Å². The van der Waals surface area contributed by atoms with Gasteiger partial charge in [0.25, 0.3) is 10.0 Å². The molecule has 1 aromatic heterocycles. The number of aromatic nitrogens is 3. The number of hydrogen-bond donors (Lipinski definition) is 1. The van der Waals surface area contributed by atoms with Gasteiger partial charge in [-0.05, 0) is 43.7 Å². The van der Waals surface area contributed by atoms with Crippen LogP contribution in [0.1, 0.15) is 11.1 Å². The van der Waals surface area contributed by atoms with Crippen molar-refractivity contribution in [1.82, 2.24) is 14.8 Å². The van der Waals surface area contributed by atoms with Crippen LogP contribution in [0.2, 0.25) is 0 Å². The molecule has 0 saturated carbocycles. The summed E-state index contributed by atoms with van der Waals surface area (Å²) in [4.78, 5) is 0.234. The Morgan fingerprint density at radius 3 is 2.26 bits per heavy atom. The highest BCUT2D eigenvalue weighted by molar-refractivity contribution is 7.92. The average Bonchev–Trinajstić information content (AvgIpc) is 3.04. The molecule has 23 heavy (non-hydrogen) atoms. The predicted molar refractivity (Wildman–Crippen MR) is 88.1 cm³/mol. The van der Waals surface area contributed by atoms with Crippen molar-refractivity contribution in [2.75, 3.05) is 4.72 Å². The number of nitrogens with one attached hydrogen (secondary N) is 1. The quantitative estimate of drug-likeness (QED) is 0.799. The largest absolute Gasteiger partial charge is 0.288 e. The average molecular weight is 328 g/mol. The van der Waals surface area contributed by atoms with Crippen LogP contribution in [0.3, 0.4) is 0 Å². The Hall–Kier alpha value is -2.67. The van der Waals surface area contributed by atoms with Crippen LogP contribution in [0.25, 0.3) is 5.69 Å². The first kappa shape index (κ1) is 15.2. The van der Waals surface area contributed by atoms with Gasteiger partial charge in [0.05, 0.1) is 16.3 Å². The zero-order chi connectivity index (χ0) is 16.4. The molecule has 0 radical (unpaired) electrons. The zero-order valence-electron chi connectivity index (χ0n) is 12.8. The molecule has 0 saturated heterocycles. The molecule has 3 aromatic rings. The second-order valence-corrected chi connectivity index (χ2v) is 6.97. The van der Waals surface area contributed by atoms with Gasteiger partial charge in [0, 0.05) is 0 Å². The molecule has 1 N–H and O–H groups in total. The highest BCUT2D eigenvalue weighted by atomic mass is 32.2. The zero-order valence-corrected chi connectivity index (χ0v) is 13.6. The van der Waals surface area contributed by atoms with Crippen LogP contribution in [0.5, 0.6) is 0 Å². The van der Waals surface area contributed by atoms with Crippen molar-refractivity contribution in [1.29, 1.82) is 0 Å². The molecule has 6 nitrogen and oxygen atoms in total. The third-order valence-electron chi connectivity index (χ3n) is 3.51. The number of benzene rings is 2. The van der Waals surface area contributed by atoms with Crippen molar-refractivity contribution in [3.05, 3.63) is 66.2 Å². The molecule has 0 aliphatic carbocycles. The Morgan fingerprint density at radius 2 is 1.61 bits per heavy atom. The summed E-state index contributed by atoms with van der Waals surface area (Å²) in [6, 6.07) is 12.2. The number of anilines is 1. The summed E-state index contributed by atoms with van der Waals surface area (Å²) in [5.74, 6) is 0. The summed E-state index contributed by atoms with van der Waals surface area (Å²) in [7, 11) is -3.63. The molecule has 0 aliphatic rings. The van der Waals surface area contributed by atoms with Crippen molar-refractivity contribution >= 4 is 15.7 Å². The fourth-order valence-corrected chi connectivity index (χ4v) is 3.26. The SMILES string of the molecule is Cc1ccc(S(=O)(=O)Nc2cc(-n3cnnc3)ccc2C)cc1. The molecule has 118 valence electrons. The maximum absolute atomic E-state index is 12.5. The van der Waals surface area contributed by atoms with E-state index in [1.165, 1.54) is 0 Å². The molecule has 2 aromatic carbocycles. The Labute approximate surface area is 134 Å². The van der Waals surface area contributed by atoms with Crippen molar-refractivity contribution in [3.63, 3.8) is 0 Å². The summed E-state index contributed by atoms with van der Waals surface area (Å²) in [6.07, 6.45) is 3.12. The smallest absolute Gasteiger partial charge is 0.261 e. The van der Waals surface area contributed by atoms with Crippen LogP contribution in [-0.4, -0.2) is 23.2 Å². The molecule has 1 heterocycles. The van der Waals surface area contributed by atoms with Crippen molar-refractivity contribution in [3.8, 4) is 5.69 Å². The lowest BCUT2D eigenvalue weighted by molar-refractivity contribution is 0.601. The Balaban J connectivity index is 1.96. The number of nitrogens with zero attached hydrogens (tertiary/aromatic N) is 3. The molecule has 0 bridgehead atoms. The van der Waals surface area contributed by atoms with Gasteiger partial charge in [-0.15, -0.1) is 10.2 Å². The normalized spacial score (nSPS) is 11.4. The lowest BCUT2D eigenvalue weighted by atomic mass is 10.2. The third kappa shape index (κ3) is 3.24. The standard InChI is InChI=1S/C16H16N4O2S/c1-12-3-7-15(8-4-12)23(21,22)19-16-9-14(6-5-13(16)2)20-10-17-18-11-20/h3-11,19H,1-2H3. The van der Waals surface area contributed by atoms with E-state index < -0.39 is 10.0 Å². The second kappa shape index (κ2) is 5.85. The van der Waals surface area contributed by atoms with E-state index in [1.54, 1.807) is 47.6 Å². The maximum atomic E-state index is 12.5. The highest BCUT2D eigenvalue weighted by Gasteiger charge is 2.15. The monoisotopic (exact) mass is 328 g/mol. The molecular weight excluding hydrogens is 312 g/mol. The maximum Gasteiger partial charge on any atom is 0.261 e. The minimum absolute atomic E-state index is 0.234. The number of rotatable bonds is 4. The lowest BCUT2D eigenvalue weighted by Gasteiger charge is -2.12. The van der Waals surface area contributed by atoms with Crippen LogP contribution < -0.4 is 4.72 Å². The van der Waals surface area contributed by atoms with E-state index in [-0.39, 0.29) is 4.90 Å². The van der Waals surface area contributed by atoms with Crippen molar-refractivity contribution in [2.45, 2.75) is 18.7 Å². The minimum Gasteiger partial charge on any atom is -0.288 e. The van der Waals surface area contributed by atoms with Gasteiger partial charge in [-0.2, -0.15) is 0 Å². The molecule has 0 atom stereocenters. The van der Waals surface area contributed by atoms with E-state index in [4.69, 9.17) is 0 Å². The topological polar surface area (TPSA) is 76.9 Å². The predicted octanol–water partition coefficient (Wildman–Crippen LogP) is 2.68. The first-order valence-corrected chi connectivity index (χ1v) is 8.49. The summed E-state index contributed by atoms with van der Waals surface area (Å²) in [6.45, 7) is 3.76. The Morgan fingerprint density at radius 1 is 0.957 bits per heavy atom. The molecular formula is C16H16N4O2S. The molecule has 0 aliphatic heterocycles. The molecule has 0 spiro atoms. The first-order valence-electron chi connectivity index (χ1n) is 7.01. The molecule has 0 unspecified atom stereocenters. The van der Waals surface area contributed by atoms with E-state index in [0.717, 1.165) is 16.8 Å². The third-order valence-corrected chi connectivity index (χ3v) is 4.90. The van der Waals surface area contributed by atoms with Gasteiger partial charge in [0.15, 0.2) is 0 Å². The number of sulfonamides is 1. The van der Waals surface area contributed by atoms with E-state index >= 15 is 0 Å². The van der Waals surface area contributed by atoms with Gasteiger partial charge in [-0.1, -0.05) is 23.8 Å². The van der Waals surface area contributed by atoms with Crippen LogP contribution in [-0.2, 0) is 10.0 Å². The second-order valence-electron chi connectivity index (χ2n) is 5.29. The Kier molecular flexibility index (Phi) is 3.87. The fourth-order valence-electron chi connectivity index (χ4n) is 2.14. The van der Waals surface area contributed by atoms with Crippen molar-refractivity contribution in [2.24, 2.45) is 0 Å². The number of aryl methyl sites for hydroxylation is 2. The van der Waals surface area contributed by atoms with Crippen LogP contribution >= 0.6 is 0 Å². The summed E-state index contributed by atoms with van der Waals surface area (Å²) < 4.78 is 29.4. The number of hydrogen-bond acceptors (Lipinski definition) is 4. The molecule has 3 rings (SSSR count). The van der Waals surface area contributed by atoms with E-state index in [2.05, 4.69) is 14.9 Å². The van der Waals surface area contributed by atoms with Gasteiger partial charge in [-0.25, -0.2) is 8.42 Å². The van der Waals surface area contributed by atoms with Crippen LogP contribution in [0.4, 0.5) is 5.69 Å². The summed E-state index contributed by atoms with van der Waals surface area (Å²) >= 11 is 0. The van der Waals surface area contributed by atoms with E-state index in [1.807, 2.05) is 26.0 Å². The Bertz CT molecular complexity index is 917. The summed E-state index contributed by atoms with van der Waals surface area (Å²) in [5, 5.41) is 7.51. The summed E-state index contributed by atoms with van der Waals surface area (Å²) in [5.41, 5.74) is 3.14. The molecule has 0 fully saturated rings.